The van der Waals surface area contributed by atoms with Crippen LogP contribution < -0.4 is 9.47 Å². The average Bonchev–Trinajstić information content (AvgIpc) is 2.46. The summed E-state index contributed by atoms with van der Waals surface area (Å²) in [7, 11) is 1.48. The highest BCUT2D eigenvalue weighted by molar-refractivity contribution is 5.50. The lowest BCUT2D eigenvalue weighted by Crippen LogP contribution is -2.55. The van der Waals surface area contributed by atoms with E-state index in [0.29, 0.717) is 18.8 Å². The second-order valence-corrected chi connectivity index (χ2v) is 4.89. The van der Waals surface area contributed by atoms with Crippen LogP contribution in [-0.2, 0) is 4.74 Å². The molecule has 2 rings (SSSR count). The van der Waals surface area contributed by atoms with Gasteiger partial charge in [0.2, 0.25) is 5.75 Å². The lowest BCUT2D eigenvalue weighted by Gasteiger charge is -2.40. The molecule has 0 radical (unpaired) electrons. The van der Waals surface area contributed by atoms with Crippen LogP contribution >= 0.6 is 0 Å². The quantitative estimate of drug-likeness (QED) is 0.610. The summed E-state index contributed by atoms with van der Waals surface area (Å²) in [5, 5.41) is 20.7. The summed E-state index contributed by atoms with van der Waals surface area (Å²) in [6, 6.07) is 4.32. The van der Waals surface area contributed by atoms with E-state index < -0.39 is 23.2 Å². The summed E-state index contributed by atoms with van der Waals surface area (Å²) in [4.78, 5) is 10.5. The maximum Gasteiger partial charge on any atom is 0.311 e. The Morgan fingerprint density at radius 3 is 2.81 bits per heavy atom. The topological polar surface area (TPSA) is 91.1 Å². The second-order valence-electron chi connectivity index (χ2n) is 4.89. The first kappa shape index (κ1) is 15.5. The summed E-state index contributed by atoms with van der Waals surface area (Å²) in [6.45, 7) is 2.48. The van der Waals surface area contributed by atoms with Gasteiger partial charge in [-0.15, -0.1) is 0 Å². The SMILES string of the molecule is CCCOC1C(O)CC1Oc1cc(OC)ccc1[N+](=O)[O-]. The number of hydrogen-bond donors (Lipinski definition) is 1. The minimum atomic E-state index is -0.591. The van der Waals surface area contributed by atoms with Crippen molar-refractivity contribution in [1.29, 1.82) is 0 Å². The molecule has 1 N–H and O–H groups in total. The third kappa shape index (κ3) is 3.43. The Labute approximate surface area is 122 Å². The van der Waals surface area contributed by atoms with Crippen LogP contribution in [0.25, 0.3) is 0 Å². The van der Waals surface area contributed by atoms with Crippen molar-refractivity contribution in [2.24, 2.45) is 0 Å². The molecule has 0 spiro atoms. The first-order valence-corrected chi connectivity index (χ1v) is 6.85. The van der Waals surface area contributed by atoms with Gasteiger partial charge in [-0.3, -0.25) is 10.1 Å². The molecule has 21 heavy (non-hydrogen) atoms. The van der Waals surface area contributed by atoms with Gasteiger partial charge in [-0.05, 0) is 12.5 Å². The Balaban J connectivity index is 2.12. The lowest BCUT2D eigenvalue weighted by molar-refractivity contribution is -0.386. The van der Waals surface area contributed by atoms with E-state index in [0.717, 1.165) is 6.42 Å². The minimum Gasteiger partial charge on any atom is -0.497 e. The first-order chi connectivity index (χ1) is 10.1. The number of ether oxygens (including phenoxy) is 3. The van der Waals surface area contributed by atoms with Crippen LogP contribution in [0.4, 0.5) is 5.69 Å². The highest BCUT2D eigenvalue weighted by atomic mass is 16.6. The number of rotatable bonds is 7. The smallest absolute Gasteiger partial charge is 0.311 e. The van der Waals surface area contributed by atoms with Crippen molar-refractivity contribution >= 4 is 5.69 Å². The van der Waals surface area contributed by atoms with Crippen LogP contribution in [0.15, 0.2) is 18.2 Å². The van der Waals surface area contributed by atoms with Gasteiger partial charge in [0.05, 0.1) is 18.1 Å². The van der Waals surface area contributed by atoms with Crippen LogP contribution in [0.2, 0.25) is 0 Å². The van der Waals surface area contributed by atoms with Crippen LogP contribution in [0.5, 0.6) is 11.5 Å². The van der Waals surface area contributed by atoms with E-state index in [9.17, 15) is 15.2 Å². The van der Waals surface area contributed by atoms with Gasteiger partial charge >= 0.3 is 5.69 Å². The molecule has 116 valence electrons. The summed E-state index contributed by atoms with van der Waals surface area (Å²) in [6.07, 6.45) is -0.211. The van der Waals surface area contributed by atoms with Gasteiger partial charge < -0.3 is 19.3 Å². The third-order valence-corrected chi connectivity index (χ3v) is 3.38. The fourth-order valence-electron chi connectivity index (χ4n) is 2.18. The number of aliphatic hydroxyl groups is 1. The normalized spacial score (nSPS) is 24.2. The van der Waals surface area contributed by atoms with Crippen molar-refractivity contribution in [3.63, 3.8) is 0 Å². The molecule has 1 fully saturated rings. The molecule has 0 amide bonds. The summed E-state index contributed by atoms with van der Waals surface area (Å²) in [5.74, 6) is 0.600. The monoisotopic (exact) mass is 297 g/mol. The summed E-state index contributed by atoms with van der Waals surface area (Å²) in [5.41, 5.74) is -0.133. The fraction of sp³-hybridized carbons (Fsp3) is 0.571. The zero-order valence-corrected chi connectivity index (χ0v) is 12.0. The van der Waals surface area contributed by atoms with Crippen molar-refractivity contribution in [2.45, 2.75) is 38.1 Å². The van der Waals surface area contributed by atoms with Crippen LogP contribution in [0, 0.1) is 10.1 Å². The number of hydrogen-bond acceptors (Lipinski definition) is 6. The van der Waals surface area contributed by atoms with Gasteiger partial charge in [0, 0.05) is 25.2 Å². The molecule has 0 aromatic heterocycles. The maximum absolute atomic E-state index is 11.0. The van der Waals surface area contributed by atoms with Gasteiger partial charge in [-0.25, -0.2) is 0 Å². The number of methoxy groups -OCH3 is 1. The van der Waals surface area contributed by atoms with Gasteiger partial charge in [0.25, 0.3) is 0 Å². The molecule has 7 nitrogen and oxygen atoms in total. The zero-order chi connectivity index (χ0) is 15.4. The van der Waals surface area contributed by atoms with E-state index in [2.05, 4.69) is 0 Å². The van der Waals surface area contributed by atoms with Crippen molar-refractivity contribution in [2.75, 3.05) is 13.7 Å². The van der Waals surface area contributed by atoms with E-state index in [1.54, 1.807) is 0 Å². The van der Waals surface area contributed by atoms with E-state index in [1.807, 2.05) is 6.92 Å². The Bertz CT molecular complexity index is 506. The summed E-state index contributed by atoms with van der Waals surface area (Å²) >= 11 is 0. The van der Waals surface area contributed by atoms with Gasteiger partial charge in [0.15, 0.2) is 0 Å². The van der Waals surface area contributed by atoms with E-state index >= 15 is 0 Å². The number of aliphatic hydroxyl groups excluding tert-OH is 1. The Hall–Kier alpha value is -1.86. The molecular formula is C14H19NO6. The average molecular weight is 297 g/mol. The number of benzene rings is 1. The molecule has 1 aromatic rings. The molecule has 0 aliphatic heterocycles. The molecule has 1 saturated carbocycles. The zero-order valence-electron chi connectivity index (χ0n) is 12.0. The third-order valence-electron chi connectivity index (χ3n) is 3.38. The standard InChI is InChI=1S/C14H19NO6/c1-3-6-20-14-11(16)8-13(14)21-12-7-9(19-2)4-5-10(12)15(17)18/h4-5,7,11,13-14,16H,3,6,8H2,1-2H3. The molecule has 1 aliphatic rings. The van der Waals surface area contributed by atoms with Gasteiger partial charge in [-0.2, -0.15) is 0 Å². The molecule has 3 unspecified atom stereocenters. The summed E-state index contributed by atoms with van der Waals surface area (Å²) < 4.78 is 16.2. The van der Waals surface area contributed by atoms with Crippen molar-refractivity contribution < 1.29 is 24.2 Å². The molecule has 3 atom stereocenters. The van der Waals surface area contributed by atoms with Crippen LogP contribution in [0.1, 0.15) is 19.8 Å². The molecule has 1 aliphatic carbocycles. The number of nitrogens with zero attached hydrogens (tertiary/aromatic N) is 1. The highest BCUT2D eigenvalue weighted by Gasteiger charge is 2.43. The predicted molar refractivity (Wildman–Crippen MR) is 74.7 cm³/mol. The largest absolute Gasteiger partial charge is 0.497 e. The van der Waals surface area contributed by atoms with Gasteiger partial charge in [0.1, 0.15) is 18.0 Å². The van der Waals surface area contributed by atoms with Crippen LogP contribution in [-0.4, -0.2) is 42.1 Å². The van der Waals surface area contributed by atoms with E-state index in [4.69, 9.17) is 14.2 Å². The molecule has 0 heterocycles. The number of nitro benzene ring substituents is 1. The first-order valence-electron chi connectivity index (χ1n) is 6.85. The maximum atomic E-state index is 11.0. The van der Waals surface area contributed by atoms with Crippen molar-refractivity contribution in [3.05, 3.63) is 28.3 Å². The Morgan fingerprint density at radius 2 is 2.24 bits per heavy atom. The van der Waals surface area contributed by atoms with E-state index in [-0.39, 0.29) is 11.4 Å². The molecule has 1 aromatic carbocycles. The highest BCUT2D eigenvalue weighted by Crippen LogP contribution is 2.36. The van der Waals surface area contributed by atoms with Crippen molar-refractivity contribution in [3.8, 4) is 11.5 Å². The lowest BCUT2D eigenvalue weighted by atomic mass is 9.88. The molecular weight excluding hydrogens is 278 g/mol. The minimum absolute atomic E-state index is 0.126. The number of nitro groups is 1. The van der Waals surface area contributed by atoms with Crippen molar-refractivity contribution in [1.82, 2.24) is 0 Å². The molecule has 7 heteroatoms. The Morgan fingerprint density at radius 1 is 1.48 bits per heavy atom. The van der Waals surface area contributed by atoms with E-state index in [1.165, 1.54) is 25.3 Å². The second kappa shape index (κ2) is 6.73. The molecule has 0 bridgehead atoms. The Kier molecular flexibility index (Phi) is 4.98. The molecule has 0 saturated heterocycles. The van der Waals surface area contributed by atoms with Gasteiger partial charge in [-0.1, -0.05) is 6.92 Å². The predicted octanol–water partition coefficient (Wildman–Crippen LogP) is 1.91. The van der Waals surface area contributed by atoms with Crippen LogP contribution in [0.3, 0.4) is 0 Å². The fourth-order valence-corrected chi connectivity index (χ4v) is 2.18.